The fourth-order valence-corrected chi connectivity index (χ4v) is 4.24. The SMILES string of the molecule is Cc1cccc2nc(C(=O)N3CCCC[C@H]3c3ncc(Cc4cccc(F)c4)o3)cn12. The van der Waals surface area contributed by atoms with Crippen molar-refractivity contribution in [1.29, 1.82) is 0 Å². The number of aryl methyl sites for hydroxylation is 1. The van der Waals surface area contributed by atoms with Crippen LogP contribution in [-0.2, 0) is 6.42 Å². The van der Waals surface area contributed by atoms with Gasteiger partial charge in [-0.25, -0.2) is 14.4 Å². The van der Waals surface area contributed by atoms with Crippen molar-refractivity contribution >= 4 is 11.6 Å². The molecule has 0 radical (unpaired) electrons. The summed E-state index contributed by atoms with van der Waals surface area (Å²) < 4.78 is 21.4. The van der Waals surface area contributed by atoms with Gasteiger partial charge in [-0.15, -0.1) is 0 Å². The molecule has 0 saturated carbocycles. The molecule has 4 aromatic rings. The van der Waals surface area contributed by atoms with Crippen LogP contribution >= 0.6 is 0 Å². The maximum absolute atomic E-state index is 13.5. The van der Waals surface area contributed by atoms with Gasteiger partial charge < -0.3 is 13.7 Å². The molecule has 0 unspecified atom stereocenters. The number of imidazole rings is 1. The summed E-state index contributed by atoms with van der Waals surface area (Å²) in [5.74, 6) is 0.794. The van der Waals surface area contributed by atoms with Crippen molar-refractivity contribution in [3.8, 4) is 0 Å². The van der Waals surface area contributed by atoms with E-state index in [2.05, 4.69) is 9.97 Å². The largest absolute Gasteiger partial charge is 0.443 e. The molecule has 1 aromatic carbocycles. The maximum atomic E-state index is 13.5. The Labute approximate surface area is 179 Å². The lowest BCUT2D eigenvalue weighted by Crippen LogP contribution is -2.38. The Hall–Kier alpha value is -3.48. The van der Waals surface area contributed by atoms with Crippen LogP contribution in [0.4, 0.5) is 4.39 Å². The van der Waals surface area contributed by atoms with Gasteiger partial charge >= 0.3 is 0 Å². The van der Waals surface area contributed by atoms with E-state index in [0.717, 1.165) is 36.2 Å². The zero-order valence-electron chi connectivity index (χ0n) is 17.3. The molecule has 7 heteroatoms. The molecule has 1 saturated heterocycles. The summed E-state index contributed by atoms with van der Waals surface area (Å²) in [4.78, 5) is 24.1. The fraction of sp³-hybridized carbons (Fsp3) is 0.292. The van der Waals surface area contributed by atoms with Crippen LogP contribution in [0.25, 0.3) is 5.65 Å². The molecule has 0 bridgehead atoms. The smallest absolute Gasteiger partial charge is 0.274 e. The highest BCUT2D eigenvalue weighted by atomic mass is 19.1. The van der Waals surface area contributed by atoms with E-state index in [4.69, 9.17) is 4.42 Å². The molecule has 5 rings (SSSR count). The predicted octanol–water partition coefficient (Wildman–Crippen LogP) is 4.73. The van der Waals surface area contributed by atoms with E-state index in [0.29, 0.717) is 30.3 Å². The Balaban J connectivity index is 1.39. The van der Waals surface area contributed by atoms with Crippen LogP contribution in [0.3, 0.4) is 0 Å². The molecule has 0 spiro atoms. The number of amides is 1. The molecule has 1 atom stereocenters. The first kappa shape index (κ1) is 19.5. The summed E-state index contributed by atoms with van der Waals surface area (Å²) in [5.41, 5.74) is 3.02. The standard InChI is InChI=1S/C24H23FN4O2/c1-16-6-4-10-22-27-20(15-29(16)22)24(30)28-11-3-2-9-21(28)23-26-14-19(31-23)13-17-7-5-8-18(25)12-17/h4-8,10,12,14-15,21H,2-3,9,11,13H2,1H3/t21-/m0/s1. The summed E-state index contributed by atoms with van der Waals surface area (Å²) in [6, 6.07) is 12.0. The van der Waals surface area contributed by atoms with Gasteiger partial charge in [0.25, 0.3) is 5.91 Å². The number of oxazole rings is 1. The summed E-state index contributed by atoms with van der Waals surface area (Å²) in [6.45, 7) is 2.62. The van der Waals surface area contributed by atoms with E-state index >= 15 is 0 Å². The molecule has 31 heavy (non-hydrogen) atoms. The Bertz CT molecular complexity index is 1250. The van der Waals surface area contributed by atoms with Gasteiger partial charge in [-0.3, -0.25) is 4.79 Å². The monoisotopic (exact) mass is 418 g/mol. The predicted molar refractivity (Wildman–Crippen MR) is 113 cm³/mol. The molecule has 3 aromatic heterocycles. The minimum Gasteiger partial charge on any atom is -0.443 e. The molecular formula is C24H23FN4O2. The van der Waals surface area contributed by atoms with Crippen LogP contribution in [-0.4, -0.2) is 31.7 Å². The highest BCUT2D eigenvalue weighted by Gasteiger charge is 2.33. The van der Waals surface area contributed by atoms with Crippen LogP contribution in [0.15, 0.2) is 59.3 Å². The minimum absolute atomic E-state index is 0.113. The highest BCUT2D eigenvalue weighted by molar-refractivity contribution is 5.93. The van der Waals surface area contributed by atoms with Crippen LogP contribution in [0, 0.1) is 12.7 Å². The number of carbonyl (C=O) groups is 1. The zero-order valence-corrected chi connectivity index (χ0v) is 17.3. The van der Waals surface area contributed by atoms with Crippen molar-refractivity contribution < 1.29 is 13.6 Å². The van der Waals surface area contributed by atoms with Gasteiger partial charge in [-0.1, -0.05) is 18.2 Å². The summed E-state index contributed by atoms with van der Waals surface area (Å²) in [5, 5.41) is 0. The second-order valence-corrected chi connectivity index (χ2v) is 8.00. The molecule has 1 aliphatic heterocycles. The molecule has 1 fully saturated rings. The Morgan fingerprint density at radius 3 is 2.94 bits per heavy atom. The summed E-state index contributed by atoms with van der Waals surface area (Å²) in [6.07, 6.45) is 6.65. The number of likely N-dealkylation sites (tertiary alicyclic amines) is 1. The van der Waals surface area contributed by atoms with Crippen LogP contribution < -0.4 is 0 Å². The third-order valence-electron chi connectivity index (χ3n) is 5.80. The van der Waals surface area contributed by atoms with Gasteiger partial charge in [0.05, 0.1) is 6.20 Å². The van der Waals surface area contributed by atoms with E-state index in [1.54, 1.807) is 18.5 Å². The molecule has 0 aliphatic carbocycles. The van der Waals surface area contributed by atoms with Gasteiger partial charge in [0.1, 0.15) is 29.0 Å². The number of nitrogens with zero attached hydrogens (tertiary/aromatic N) is 4. The van der Waals surface area contributed by atoms with E-state index in [9.17, 15) is 9.18 Å². The van der Waals surface area contributed by atoms with Crippen molar-refractivity contribution in [2.45, 2.75) is 38.6 Å². The molecule has 4 heterocycles. The number of piperidine rings is 1. The second kappa shape index (κ2) is 7.98. The number of rotatable bonds is 4. The summed E-state index contributed by atoms with van der Waals surface area (Å²) >= 11 is 0. The van der Waals surface area contributed by atoms with Gasteiger partial charge in [0, 0.05) is 24.9 Å². The fourth-order valence-electron chi connectivity index (χ4n) is 4.24. The molecule has 0 N–H and O–H groups in total. The highest BCUT2D eigenvalue weighted by Crippen LogP contribution is 2.32. The van der Waals surface area contributed by atoms with E-state index in [-0.39, 0.29) is 17.8 Å². The Morgan fingerprint density at radius 2 is 2.10 bits per heavy atom. The first-order valence-corrected chi connectivity index (χ1v) is 10.5. The van der Waals surface area contributed by atoms with Crippen molar-refractivity contribution in [2.75, 3.05) is 6.54 Å². The number of pyridine rings is 1. The lowest BCUT2D eigenvalue weighted by Gasteiger charge is -2.33. The molecular weight excluding hydrogens is 395 g/mol. The van der Waals surface area contributed by atoms with Gasteiger partial charge in [-0.2, -0.15) is 0 Å². The molecule has 158 valence electrons. The van der Waals surface area contributed by atoms with E-state index in [1.807, 2.05) is 40.5 Å². The number of aromatic nitrogens is 3. The zero-order chi connectivity index (χ0) is 21.4. The first-order valence-electron chi connectivity index (χ1n) is 10.5. The normalized spacial score (nSPS) is 16.7. The lowest BCUT2D eigenvalue weighted by atomic mass is 10.0. The van der Waals surface area contributed by atoms with Crippen LogP contribution in [0.2, 0.25) is 0 Å². The Kier molecular flexibility index (Phi) is 5.02. The molecule has 6 nitrogen and oxygen atoms in total. The number of carbonyl (C=O) groups excluding carboxylic acids is 1. The minimum atomic E-state index is -0.274. The van der Waals surface area contributed by atoms with Crippen molar-refractivity contribution in [2.24, 2.45) is 0 Å². The van der Waals surface area contributed by atoms with Crippen molar-refractivity contribution in [3.05, 3.63) is 89.3 Å². The first-order chi connectivity index (χ1) is 15.1. The number of benzene rings is 1. The number of halogens is 1. The average Bonchev–Trinajstić information content (AvgIpc) is 3.41. The summed E-state index contributed by atoms with van der Waals surface area (Å²) in [7, 11) is 0. The van der Waals surface area contributed by atoms with Gasteiger partial charge in [0.2, 0.25) is 5.89 Å². The number of hydrogen-bond acceptors (Lipinski definition) is 4. The van der Waals surface area contributed by atoms with Crippen LogP contribution in [0.5, 0.6) is 0 Å². The van der Waals surface area contributed by atoms with Crippen molar-refractivity contribution in [1.82, 2.24) is 19.3 Å². The van der Waals surface area contributed by atoms with Gasteiger partial charge in [0.15, 0.2) is 0 Å². The molecule has 1 aliphatic rings. The number of hydrogen-bond donors (Lipinski definition) is 0. The third kappa shape index (κ3) is 3.83. The number of fused-ring (bicyclic) bond motifs is 1. The van der Waals surface area contributed by atoms with Crippen molar-refractivity contribution in [3.63, 3.8) is 0 Å². The quantitative estimate of drug-likeness (QED) is 0.481. The lowest BCUT2D eigenvalue weighted by molar-refractivity contribution is 0.0564. The Morgan fingerprint density at radius 1 is 1.23 bits per heavy atom. The van der Waals surface area contributed by atoms with E-state index < -0.39 is 0 Å². The van der Waals surface area contributed by atoms with E-state index in [1.165, 1.54) is 12.1 Å². The second-order valence-electron chi connectivity index (χ2n) is 8.00. The third-order valence-corrected chi connectivity index (χ3v) is 5.80. The average molecular weight is 418 g/mol. The van der Waals surface area contributed by atoms with Gasteiger partial charge in [-0.05, 0) is 56.0 Å². The topological polar surface area (TPSA) is 63.6 Å². The van der Waals surface area contributed by atoms with Crippen LogP contribution in [0.1, 0.15) is 58.7 Å². The molecule has 1 amide bonds. The maximum Gasteiger partial charge on any atom is 0.274 e.